The molecule has 3 fully saturated rings. The third-order valence-electron chi connectivity index (χ3n) is 5.90. The second kappa shape index (κ2) is 8.12. The predicted molar refractivity (Wildman–Crippen MR) is 111 cm³/mol. The maximum Gasteiger partial charge on any atom is 0.336 e. The number of hydrogen-bond acceptors (Lipinski definition) is 5. The number of nitrogens with one attached hydrogen (secondary N) is 2. The molecule has 3 N–H and O–H groups in total. The highest BCUT2D eigenvalue weighted by molar-refractivity contribution is 6.31. The largest absolute Gasteiger partial charge is 0.506 e. The van der Waals surface area contributed by atoms with Crippen LogP contribution in [-0.4, -0.2) is 77.1 Å². The van der Waals surface area contributed by atoms with Gasteiger partial charge < -0.3 is 14.9 Å². The molecule has 156 valence electrons. The van der Waals surface area contributed by atoms with Crippen molar-refractivity contribution in [2.45, 2.75) is 24.8 Å². The monoisotopic (exact) mass is 419 g/mol. The fourth-order valence-corrected chi connectivity index (χ4v) is 4.18. The molecule has 2 heterocycles. The van der Waals surface area contributed by atoms with Gasteiger partial charge in [0.25, 0.3) is 0 Å². The molecule has 2 saturated heterocycles. The molecule has 1 aromatic rings. The Morgan fingerprint density at radius 2 is 1.83 bits per heavy atom. The van der Waals surface area contributed by atoms with Crippen molar-refractivity contribution in [3.63, 3.8) is 0 Å². The maximum atomic E-state index is 12.5. The number of benzene rings is 1. The molecular weight excluding hydrogens is 394 g/mol. The average molecular weight is 420 g/mol. The molecule has 1 aromatic carbocycles. The fourth-order valence-electron chi connectivity index (χ4n) is 3.87. The quantitative estimate of drug-likeness (QED) is 0.386. The zero-order valence-electron chi connectivity index (χ0n) is 16.2. The first kappa shape index (κ1) is 19.8. The number of piperazine rings is 1. The molecule has 1 aliphatic carbocycles. The highest BCUT2D eigenvalue weighted by Crippen LogP contribution is 2.45. The van der Waals surface area contributed by atoms with Crippen LogP contribution in [0.4, 0.5) is 10.5 Å². The second-order valence-corrected chi connectivity index (χ2v) is 8.25. The molecule has 2 aliphatic heterocycles. The van der Waals surface area contributed by atoms with E-state index in [1.54, 1.807) is 15.9 Å². The fraction of sp³-hybridized carbons (Fsp3) is 0.500. The summed E-state index contributed by atoms with van der Waals surface area (Å²) in [6, 6.07) is 3.44. The van der Waals surface area contributed by atoms with Crippen molar-refractivity contribution < 1.29 is 14.7 Å². The summed E-state index contributed by atoms with van der Waals surface area (Å²) in [6.45, 7) is 7.71. The Kier molecular flexibility index (Phi) is 5.56. The van der Waals surface area contributed by atoms with Crippen molar-refractivity contribution in [3.05, 3.63) is 35.4 Å². The number of carbonyl (C=O) groups excluding carboxylic acids is 2. The highest BCUT2D eigenvalue weighted by atomic mass is 35.5. The van der Waals surface area contributed by atoms with Gasteiger partial charge in [-0.1, -0.05) is 18.2 Å². The Morgan fingerprint density at radius 1 is 1.14 bits per heavy atom. The number of halogens is 1. The van der Waals surface area contributed by atoms with Gasteiger partial charge in [-0.15, -0.1) is 0 Å². The number of likely N-dealkylation sites (tertiary alicyclic amines) is 1. The molecule has 1 saturated carbocycles. The number of aromatic hydroxyl groups is 1. The van der Waals surface area contributed by atoms with Crippen molar-refractivity contribution in [1.29, 1.82) is 0 Å². The summed E-state index contributed by atoms with van der Waals surface area (Å²) in [4.78, 5) is 29.9. The van der Waals surface area contributed by atoms with E-state index in [1.807, 2.05) is 0 Å². The predicted octanol–water partition coefficient (Wildman–Crippen LogP) is 1.97. The number of carbonyl (C=O) groups is 2. The van der Waals surface area contributed by atoms with E-state index in [2.05, 4.69) is 22.3 Å². The van der Waals surface area contributed by atoms with E-state index in [0.29, 0.717) is 35.8 Å². The average Bonchev–Trinajstić information content (AvgIpc) is 3.51. The van der Waals surface area contributed by atoms with Crippen LogP contribution in [0.2, 0.25) is 5.02 Å². The number of anilines is 1. The lowest BCUT2D eigenvalue weighted by molar-refractivity contribution is -0.133. The number of rotatable bonds is 5. The van der Waals surface area contributed by atoms with Crippen LogP contribution in [0, 0.1) is 0 Å². The minimum absolute atomic E-state index is 0.00753. The zero-order chi connectivity index (χ0) is 20.5. The molecule has 4 rings (SSSR count). The van der Waals surface area contributed by atoms with E-state index >= 15 is 0 Å². The highest BCUT2D eigenvalue weighted by Gasteiger charge is 2.35. The van der Waals surface area contributed by atoms with Crippen molar-refractivity contribution in [3.8, 4) is 5.75 Å². The van der Waals surface area contributed by atoms with E-state index in [4.69, 9.17) is 11.6 Å². The van der Waals surface area contributed by atoms with Gasteiger partial charge in [0.15, 0.2) is 0 Å². The van der Waals surface area contributed by atoms with Gasteiger partial charge >= 0.3 is 6.03 Å². The number of urea groups is 1. The van der Waals surface area contributed by atoms with Gasteiger partial charge in [0.1, 0.15) is 5.75 Å². The molecular formula is C20H26ClN5O3. The van der Waals surface area contributed by atoms with E-state index < -0.39 is 0 Å². The summed E-state index contributed by atoms with van der Waals surface area (Å²) in [7, 11) is 0. The Balaban J connectivity index is 1.24. The molecule has 0 spiro atoms. The van der Waals surface area contributed by atoms with Crippen LogP contribution in [0.15, 0.2) is 24.8 Å². The lowest BCUT2D eigenvalue weighted by Gasteiger charge is -2.47. The third-order valence-corrected chi connectivity index (χ3v) is 6.23. The van der Waals surface area contributed by atoms with Gasteiger partial charge in [0, 0.05) is 56.4 Å². The summed E-state index contributed by atoms with van der Waals surface area (Å²) < 4.78 is 0. The van der Waals surface area contributed by atoms with Crippen LogP contribution in [0.1, 0.15) is 24.3 Å². The molecule has 29 heavy (non-hydrogen) atoms. The first-order valence-corrected chi connectivity index (χ1v) is 10.3. The Labute approximate surface area is 175 Å². The molecule has 9 heteroatoms. The van der Waals surface area contributed by atoms with Crippen LogP contribution >= 0.6 is 11.6 Å². The summed E-state index contributed by atoms with van der Waals surface area (Å²) in [5, 5.41) is 10.7. The minimum atomic E-state index is -0.232. The number of hydrogen-bond donors (Lipinski definition) is 3. The summed E-state index contributed by atoms with van der Waals surface area (Å²) in [5.41, 5.74) is 6.94. The molecule has 3 aliphatic rings. The number of phenols is 1. The zero-order valence-corrected chi connectivity index (χ0v) is 17.0. The molecule has 0 radical (unpaired) electrons. The Morgan fingerprint density at radius 3 is 2.45 bits per heavy atom. The second-order valence-electron chi connectivity index (χ2n) is 7.84. The van der Waals surface area contributed by atoms with Gasteiger partial charge in [0.05, 0.1) is 5.69 Å². The first-order chi connectivity index (χ1) is 14.0. The van der Waals surface area contributed by atoms with Crippen molar-refractivity contribution in [1.82, 2.24) is 20.1 Å². The topological polar surface area (TPSA) is 88.2 Å². The van der Waals surface area contributed by atoms with Crippen molar-refractivity contribution >= 4 is 29.2 Å². The minimum Gasteiger partial charge on any atom is -0.506 e. The number of nitrogens with zero attached hydrogens (tertiary/aromatic N) is 3. The SMILES string of the molecule is C=CC(=O)N1CC(N2CCN(C(=O)NNc3cc(C4CC4)c(Cl)cc3O)CC2)C1. The lowest BCUT2D eigenvalue weighted by atomic mass is 10.1. The maximum absolute atomic E-state index is 12.5. The third kappa shape index (κ3) is 4.28. The van der Waals surface area contributed by atoms with Crippen LogP contribution < -0.4 is 10.9 Å². The first-order valence-electron chi connectivity index (χ1n) is 9.95. The van der Waals surface area contributed by atoms with Crippen molar-refractivity contribution in [2.24, 2.45) is 0 Å². The van der Waals surface area contributed by atoms with Gasteiger partial charge in [-0.2, -0.15) is 0 Å². The number of phenolic OH excluding ortho intramolecular Hbond substituents is 1. The smallest absolute Gasteiger partial charge is 0.336 e. The molecule has 0 aromatic heterocycles. The van der Waals surface area contributed by atoms with Crippen LogP contribution in [0.3, 0.4) is 0 Å². The molecule has 0 atom stereocenters. The standard InChI is InChI=1S/C20H26ClN5O3/c1-2-19(28)26-11-14(12-26)24-5-7-25(8-6-24)20(29)23-22-17-9-15(13-3-4-13)16(21)10-18(17)27/h2,9-10,13-14,22,27H,1,3-8,11-12H2,(H,23,29). The van der Waals surface area contributed by atoms with E-state index in [1.165, 1.54) is 12.1 Å². The molecule has 0 unspecified atom stereocenters. The number of hydrazine groups is 1. The van der Waals surface area contributed by atoms with Crippen LogP contribution in [-0.2, 0) is 4.79 Å². The summed E-state index contributed by atoms with van der Waals surface area (Å²) in [5.74, 6) is 0.422. The van der Waals surface area contributed by atoms with Gasteiger partial charge in [0.2, 0.25) is 5.91 Å². The van der Waals surface area contributed by atoms with Gasteiger partial charge in [-0.05, 0) is 36.5 Å². The van der Waals surface area contributed by atoms with E-state index in [9.17, 15) is 14.7 Å². The van der Waals surface area contributed by atoms with Crippen LogP contribution in [0.5, 0.6) is 5.75 Å². The molecule has 0 bridgehead atoms. The number of amides is 3. The molecule has 3 amide bonds. The normalized spacial score (nSPS) is 20.2. The van der Waals surface area contributed by atoms with E-state index in [-0.39, 0.29) is 17.7 Å². The summed E-state index contributed by atoms with van der Waals surface area (Å²) in [6.07, 6.45) is 3.54. The van der Waals surface area contributed by atoms with E-state index in [0.717, 1.165) is 44.6 Å². The van der Waals surface area contributed by atoms with Gasteiger partial charge in [-0.25, -0.2) is 4.79 Å². The Bertz CT molecular complexity index is 815. The molecule has 8 nitrogen and oxygen atoms in total. The van der Waals surface area contributed by atoms with Gasteiger partial charge in [-0.3, -0.25) is 20.5 Å². The lowest BCUT2D eigenvalue weighted by Crippen LogP contribution is -2.64. The van der Waals surface area contributed by atoms with Crippen molar-refractivity contribution in [2.75, 3.05) is 44.7 Å². The summed E-state index contributed by atoms with van der Waals surface area (Å²) >= 11 is 6.20. The Hall–Kier alpha value is -2.45. The van der Waals surface area contributed by atoms with Crippen LogP contribution in [0.25, 0.3) is 0 Å².